The van der Waals surface area contributed by atoms with Crippen LogP contribution < -0.4 is 4.74 Å². The Bertz CT molecular complexity index is 521. The normalized spacial score (nSPS) is 10.9. The van der Waals surface area contributed by atoms with Crippen molar-refractivity contribution in [3.05, 3.63) is 47.3 Å². The van der Waals surface area contributed by atoms with Gasteiger partial charge in [0.15, 0.2) is 6.29 Å². The molecule has 1 heterocycles. The molecule has 0 aliphatic heterocycles. The number of rotatable bonds is 6. The molecule has 0 bridgehead atoms. The van der Waals surface area contributed by atoms with E-state index < -0.39 is 6.29 Å². The van der Waals surface area contributed by atoms with E-state index in [0.717, 1.165) is 22.6 Å². The van der Waals surface area contributed by atoms with E-state index in [1.54, 1.807) is 27.5 Å². The maximum absolute atomic E-state index is 5.35. The molecule has 0 aliphatic carbocycles. The zero-order chi connectivity index (χ0) is 13.7. The topological polar surface area (TPSA) is 56.4 Å². The number of aromatic nitrogens is 2. The van der Waals surface area contributed by atoms with E-state index in [9.17, 15) is 0 Å². The predicted octanol–water partition coefficient (Wildman–Crippen LogP) is 2.30. The van der Waals surface area contributed by atoms with Crippen LogP contribution in [0, 0.1) is 0 Å². The Kier molecular flexibility index (Phi) is 4.54. The van der Waals surface area contributed by atoms with Gasteiger partial charge in [-0.05, 0) is 11.6 Å². The highest BCUT2D eigenvalue weighted by Gasteiger charge is 2.17. The van der Waals surface area contributed by atoms with Crippen LogP contribution in [-0.4, -0.2) is 31.5 Å². The molecule has 0 atom stereocenters. The number of methoxy groups -OCH3 is 3. The van der Waals surface area contributed by atoms with Crippen molar-refractivity contribution in [2.75, 3.05) is 21.3 Å². The molecule has 5 nitrogen and oxygen atoms in total. The molecule has 0 amide bonds. The molecule has 0 unspecified atom stereocenters. The molecular formula is C14H18N2O3. The lowest BCUT2D eigenvalue weighted by Crippen LogP contribution is -2.07. The summed E-state index contributed by atoms with van der Waals surface area (Å²) in [5, 5.41) is 6.99. The first-order chi connectivity index (χ1) is 9.30. The Morgan fingerprint density at radius 2 is 1.84 bits per heavy atom. The van der Waals surface area contributed by atoms with Gasteiger partial charge in [0.25, 0.3) is 0 Å². The van der Waals surface area contributed by atoms with Gasteiger partial charge in [-0.25, -0.2) is 0 Å². The molecule has 5 heteroatoms. The summed E-state index contributed by atoms with van der Waals surface area (Å²) in [5.74, 6) is 0.862. The monoisotopic (exact) mass is 262 g/mol. The van der Waals surface area contributed by atoms with Crippen LogP contribution in [0.4, 0.5) is 0 Å². The van der Waals surface area contributed by atoms with Crippen LogP contribution in [0.1, 0.15) is 23.1 Å². The molecule has 0 fully saturated rings. The summed E-state index contributed by atoms with van der Waals surface area (Å²) in [4.78, 5) is 0. The highest BCUT2D eigenvalue weighted by molar-refractivity contribution is 5.38. The number of hydrogen-bond donors (Lipinski definition) is 1. The van der Waals surface area contributed by atoms with Crippen molar-refractivity contribution in [2.45, 2.75) is 12.7 Å². The van der Waals surface area contributed by atoms with Crippen molar-refractivity contribution in [3.63, 3.8) is 0 Å². The van der Waals surface area contributed by atoms with Crippen molar-refractivity contribution in [1.29, 1.82) is 0 Å². The Labute approximate surface area is 112 Å². The number of ether oxygens (including phenoxy) is 3. The molecule has 1 aromatic heterocycles. The molecule has 102 valence electrons. The van der Waals surface area contributed by atoms with Gasteiger partial charge in [0.05, 0.1) is 19.0 Å². The fourth-order valence-electron chi connectivity index (χ4n) is 2.05. The van der Waals surface area contributed by atoms with Crippen LogP contribution in [0.2, 0.25) is 0 Å². The minimum absolute atomic E-state index is 0.438. The molecule has 0 radical (unpaired) electrons. The standard InChI is InChI=1S/C14H18N2O3/c1-17-12-7-5-4-6-10(12)8-11-9-15-16-13(11)14(18-2)19-3/h4-7,9,14H,8H2,1-3H3,(H,15,16). The molecule has 1 aromatic carbocycles. The molecule has 0 aliphatic rings. The van der Waals surface area contributed by atoms with Gasteiger partial charge in [0.1, 0.15) is 5.75 Å². The highest BCUT2D eigenvalue weighted by Crippen LogP contribution is 2.25. The average Bonchev–Trinajstić information content (AvgIpc) is 2.89. The Balaban J connectivity index is 2.26. The van der Waals surface area contributed by atoms with E-state index in [2.05, 4.69) is 10.2 Å². The summed E-state index contributed by atoms with van der Waals surface area (Å²) >= 11 is 0. The smallest absolute Gasteiger partial charge is 0.200 e. The van der Waals surface area contributed by atoms with Crippen molar-refractivity contribution >= 4 is 0 Å². The first-order valence-electron chi connectivity index (χ1n) is 5.99. The van der Waals surface area contributed by atoms with Crippen molar-refractivity contribution in [1.82, 2.24) is 10.2 Å². The lowest BCUT2D eigenvalue weighted by molar-refractivity contribution is -0.109. The zero-order valence-electron chi connectivity index (χ0n) is 11.3. The minimum atomic E-state index is -0.438. The summed E-state index contributed by atoms with van der Waals surface area (Å²) in [7, 11) is 4.87. The van der Waals surface area contributed by atoms with E-state index in [1.807, 2.05) is 24.3 Å². The molecule has 0 saturated carbocycles. The lowest BCUT2D eigenvalue weighted by atomic mass is 10.0. The van der Waals surface area contributed by atoms with Gasteiger partial charge in [-0.1, -0.05) is 18.2 Å². The van der Waals surface area contributed by atoms with E-state index in [1.165, 1.54) is 0 Å². The van der Waals surface area contributed by atoms with Crippen LogP contribution in [0.15, 0.2) is 30.5 Å². The number of nitrogens with one attached hydrogen (secondary N) is 1. The Hall–Kier alpha value is -1.85. The third-order valence-electron chi connectivity index (χ3n) is 2.99. The molecule has 2 rings (SSSR count). The maximum atomic E-state index is 5.35. The van der Waals surface area contributed by atoms with Gasteiger partial charge in [-0.3, -0.25) is 5.10 Å². The average molecular weight is 262 g/mol. The summed E-state index contributed by atoms with van der Waals surface area (Å²) in [6.45, 7) is 0. The zero-order valence-corrected chi connectivity index (χ0v) is 11.3. The van der Waals surface area contributed by atoms with Gasteiger partial charge >= 0.3 is 0 Å². The molecule has 1 N–H and O–H groups in total. The third kappa shape index (κ3) is 2.94. The first-order valence-corrected chi connectivity index (χ1v) is 5.99. The van der Waals surface area contributed by atoms with Crippen LogP contribution in [0.5, 0.6) is 5.75 Å². The maximum Gasteiger partial charge on any atom is 0.200 e. The summed E-state index contributed by atoms with van der Waals surface area (Å²) < 4.78 is 15.9. The van der Waals surface area contributed by atoms with Gasteiger partial charge < -0.3 is 14.2 Å². The second kappa shape index (κ2) is 6.36. The van der Waals surface area contributed by atoms with Gasteiger partial charge in [-0.2, -0.15) is 5.10 Å². The number of benzene rings is 1. The number of nitrogens with zero attached hydrogens (tertiary/aromatic N) is 1. The van der Waals surface area contributed by atoms with E-state index in [0.29, 0.717) is 6.42 Å². The Morgan fingerprint density at radius 3 is 2.53 bits per heavy atom. The number of hydrogen-bond acceptors (Lipinski definition) is 4. The van der Waals surface area contributed by atoms with E-state index in [-0.39, 0.29) is 0 Å². The van der Waals surface area contributed by atoms with Crippen LogP contribution in [0.3, 0.4) is 0 Å². The molecule has 0 spiro atoms. The molecule has 2 aromatic rings. The van der Waals surface area contributed by atoms with E-state index in [4.69, 9.17) is 14.2 Å². The molecule has 0 saturated heterocycles. The minimum Gasteiger partial charge on any atom is -0.496 e. The summed E-state index contributed by atoms with van der Waals surface area (Å²) in [6, 6.07) is 7.91. The second-order valence-electron chi connectivity index (χ2n) is 4.10. The number of aromatic amines is 1. The molecule has 19 heavy (non-hydrogen) atoms. The Morgan fingerprint density at radius 1 is 1.11 bits per heavy atom. The number of H-pyrrole nitrogens is 1. The van der Waals surface area contributed by atoms with Gasteiger partial charge in [0, 0.05) is 26.2 Å². The number of para-hydroxylation sites is 1. The first kappa shape index (κ1) is 13.6. The van der Waals surface area contributed by atoms with Crippen molar-refractivity contribution in [3.8, 4) is 5.75 Å². The van der Waals surface area contributed by atoms with E-state index >= 15 is 0 Å². The van der Waals surface area contributed by atoms with Gasteiger partial charge in [0.2, 0.25) is 0 Å². The fraction of sp³-hybridized carbons (Fsp3) is 0.357. The summed E-state index contributed by atoms with van der Waals surface area (Å²) in [5.41, 5.74) is 2.95. The fourth-order valence-corrected chi connectivity index (χ4v) is 2.05. The second-order valence-corrected chi connectivity index (χ2v) is 4.10. The third-order valence-corrected chi connectivity index (χ3v) is 2.99. The van der Waals surface area contributed by atoms with Crippen molar-refractivity contribution < 1.29 is 14.2 Å². The largest absolute Gasteiger partial charge is 0.496 e. The van der Waals surface area contributed by atoms with Crippen LogP contribution in [0.25, 0.3) is 0 Å². The predicted molar refractivity (Wildman–Crippen MR) is 71.1 cm³/mol. The lowest BCUT2D eigenvalue weighted by Gasteiger charge is -2.14. The van der Waals surface area contributed by atoms with Crippen molar-refractivity contribution in [2.24, 2.45) is 0 Å². The van der Waals surface area contributed by atoms with Crippen LogP contribution in [-0.2, 0) is 15.9 Å². The van der Waals surface area contributed by atoms with Crippen LogP contribution >= 0.6 is 0 Å². The highest BCUT2D eigenvalue weighted by atomic mass is 16.7. The van der Waals surface area contributed by atoms with Gasteiger partial charge in [-0.15, -0.1) is 0 Å². The molecular weight excluding hydrogens is 244 g/mol. The summed E-state index contributed by atoms with van der Waals surface area (Å²) in [6.07, 6.45) is 2.05. The SMILES string of the molecule is COc1ccccc1Cc1cn[nH]c1C(OC)OC. The quantitative estimate of drug-likeness (QED) is 0.812.